The molecule has 15 heavy (non-hydrogen) atoms. The van der Waals surface area contributed by atoms with E-state index < -0.39 is 9.70 Å². The Balaban J connectivity index is 2.87. The molecule has 0 fully saturated rings. The number of anilines is 2. The molecule has 6 heteroatoms. The van der Waals surface area contributed by atoms with Crippen LogP contribution in [-0.2, 0) is 4.79 Å². The number of alkyl halides is 3. The zero-order valence-corrected chi connectivity index (χ0v) is 10.1. The van der Waals surface area contributed by atoms with E-state index in [0.29, 0.717) is 11.4 Å². The van der Waals surface area contributed by atoms with E-state index in [1.807, 2.05) is 0 Å². The van der Waals surface area contributed by atoms with Gasteiger partial charge in [0.15, 0.2) is 0 Å². The van der Waals surface area contributed by atoms with Crippen LogP contribution in [0, 0.1) is 6.92 Å². The fourth-order valence-corrected chi connectivity index (χ4v) is 1.16. The first-order chi connectivity index (χ1) is 6.80. The lowest BCUT2D eigenvalue weighted by molar-refractivity contribution is -0.115. The smallest absolute Gasteiger partial charge is 0.276 e. The number of carbonyl (C=O) groups excluding carboxylic acids is 1. The number of rotatable bonds is 1. The standard InChI is InChI=1S/C9H9Cl3N2O/c1-5-4-6(13)2-3-7(5)14-8(15)9(10,11)12/h2-4H,13H2,1H3,(H,14,15). The van der Waals surface area contributed by atoms with Crippen LogP contribution < -0.4 is 11.1 Å². The number of hydrogen-bond acceptors (Lipinski definition) is 2. The molecule has 0 saturated heterocycles. The topological polar surface area (TPSA) is 55.1 Å². The Hall–Kier alpha value is -0.640. The number of hydrogen-bond donors (Lipinski definition) is 2. The molecule has 1 aromatic carbocycles. The molecule has 3 nitrogen and oxygen atoms in total. The first-order valence-electron chi connectivity index (χ1n) is 4.05. The third-order valence-corrected chi connectivity index (χ3v) is 2.27. The van der Waals surface area contributed by atoms with E-state index in [1.165, 1.54) is 0 Å². The molecule has 0 spiro atoms. The van der Waals surface area contributed by atoms with Crippen molar-refractivity contribution in [3.8, 4) is 0 Å². The molecular weight excluding hydrogens is 258 g/mol. The van der Waals surface area contributed by atoms with Crippen LogP contribution in [-0.4, -0.2) is 9.70 Å². The number of nitrogens with one attached hydrogen (secondary N) is 1. The average Bonchev–Trinajstić information content (AvgIpc) is 2.08. The summed E-state index contributed by atoms with van der Waals surface area (Å²) in [4.78, 5) is 11.3. The maximum atomic E-state index is 11.3. The van der Waals surface area contributed by atoms with E-state index in [4.69, 9.17) is 40.5 Å². The second-order valence-corrected chi connectivity index (χ2v) is 5.31. The van der Waals surface area contributed by atoms with Crippen LogP contribution >= 0.6 is 34.8 Å². The van der Waals surface area contributed by atoms with Crippen molar-refractivity contribution >= 4 is 52.1 Å². The van der Waals surface area contributed by atoms with E-state index in [1.54, 1.807) is 25.1 Å². The molecule has 0 unspecified atom stereocenters. The zero-order chi connectivity index (χ0) is 11.6. The van der Waals surface area contributed by atoms with Crippen LogP contribution in [0.4, 0.5) is 11.4 Å². The van der Waals surface area contributed by atoms with Gasteiger partial charge in [-0.05, 0) is 30.7 Å². The van der Waals surface area contributed by atoms with Gasteiger partial charge < -0.3 is 11.1 Å². The Kier molecular flexibility index (Phi) is 3.71. The number of benzene rings is 1. The van der Waals surface area contributed by atoms with Crippen molar-refractivity contribution in [2.45, 2.75) is 10.7 Å². The van der Waals surface area contributed by atoms with Gasteiger partial charge in [-0.15, -0.1) is 0 Å². The van der Waals surface area contributed by atoms with Crippen molar-refractivity contribution in [1.29, 1.82) is 0 Å². The third kappa shape index (κ3) is 3.45. The summed E-state index contributed by atoms with van der Waals surface area (Å²) >= 11 is 16.2. The van der Waals surface area contributed by atoms with Gasteiger partial charge in [0.25, 0.3) is 9.70 Å². The summed E-state index contributed by atoms with van der Waals surface area (Å²) in [7, 11) is 0. The zero-order valence-electron chi connectivity index (χ0n) is 7.85. The number of halogens is 3. The summed E-state index contributed by atoms with van der Waals surface area (Å²) in [5, 5.41) is 2.49. The van der Waals surface area contributed by atoms with Gasteiger partial charge in [-0.3, -0.25) is 4.79 Å². The van der Waals surface area contributed by atoms with Crippen LogP contribution in [0.15, 0.2) is 18.2 Å². The molecule has 82 valence electrons. The Morgan fingerprint density at radius 3 is 2.47 bits per heavy atom. The molecule has 3 N–H and O–H groups in total. The highest BCUT2D eigenvalue weighted by Crippen LogP contribution is 2.28. The molecule has 0 heterocycles. The van der Waals surface area contributed by atoms with Gasteiger partial charge >= 0.3 is 0 Å². The Morgan fingerprint density at radius 2 is 2.00 bits per heavy atom. The lowest BCUT2D eigenvalue weighted by Crippen LogP contribution is -2.27. The summed E-state index contributed by atoms with van der Waals surface area (Å²) < 4.78 is -1.96. The van der Waals surface area contributed by atoms with Gasteiger partial charge in [-0.1, -0.05) is 34.8 Å². The van der Waals surface area contributed by atoms with Gasteiger partial charge in [0, 0.05) is 11.4 Å². The van der Waals surface area contributed by atoms with Crippen LogP contribution in [0.3, 0.4) is 0 Å². The summed E-state index contributed by atoms with van der Waals surface area (Å²) in [5.41, 5.74) is 7.54. The summed E-state index contributed by atoms with van der Waals surface area (Å²) in [5.74, 6) is -0.694. The number of nitrogen functional groups attached to an aromatic ring is 1. The van der Waals surface area contributed by atoms with Gasteiger partial charge in [0.05, 0.1) is 0 Å². The van der Waals surface area contributed by atoms with Crippen molar-refractivity contribution in [1.82, 2.24) is 0 Å². The average molecular weight is 268 g/mol. The second-order valence-electron chi connectivity index (χ2n) is 3.03. The maximum Gasteiger partial charge on any atom is 0.276 e. The predicted octanol–water partition coefficient (Wildman–Crippen LogP) is 2.89. The van der Waals surface area contributed by atoms with Crippen molar-refractivity contribution in [2.24, 2.45) is 0 Å². The van der Waals surface area contributed by atoms with Crippen molar-refractivity contribution in [2.75, 3.05) is 11.1 Å². The number of nitrogens with two attached hydrogens (primary N) is 1. The van der Waals surface area contributed by atoms with Crippen molar-refractivity contribution in [3.05, 3.63) is 23.8 Å². The van der Waals surface area contributed by atoms with Crippen LogP contribution in [0.25, 0.3) is 0 Å². The highest BCUT2D eigenvalue weighted by molar-refractivity contribution is 6.76. The summed E-state index contributed by atoms with van der Waals surface area (Å²) in [6.07, 6.45) is 0. The largest absolute Gasteiger partial charge is 0.399 e. The Morgan fingerprint density at radius 1 is 1.40 bits per heavy atom. The minimum Gasteiger partial charge on any atom is -0.399 e. The summed E-state index contributed by atoms with van der Waals surface area (Å²) in [6, 6.07) is 5.02. The van der Waals surface area contributed by atoms with Gasteiger partial charge in [0.1, 0.15) is 0 Å². The molecule has 0 aliphatic rings. The van der Waals surface area contributed by atoms with Crippen LogP contribution in [0.2, 0.25) is 0 Å². The van der Waals surface area contributed by atoms with E-state index >= 15 is 0 Å². The highest BCUT2D eigenvalue weighted by Gasteiger charge is 2.30. The van der Waals surface area contributed by atoms with E-state index in [2.05, 4.69) is 5.32 Å². The molecule has 1 rings (SSSR count). The van der Waals surface area contributed by atoms with Crippen molar-refractivity contribution < 1.29 is 4.79 Å². The van der Waals surface area contributed by atoms with Gasteiger partial charge in [0.2, 0.25) is 0 Å². The normalized spacial score (nSPS) is 11.2. The molecule has 0 aliphatic heterocycles. The minimum atomic E-state index is -1.96. The lowest BCUT2D eigenvalue weighted by atomic mass is 10.2. The van der Waals surface area contributed by atoms with E-state index in [9.17, 15) is 4.79 Å². The maximum absolute atomic E-state index is 11.3. The van der Waals surface area contributed by atoms with Gasteiger partial charge in [-0.25, -0.2) is 0 Å². The molecule has 1 amide bonds. The lowest BCUT2D eigenvalue weighted by Gasteiger charge is -2.13. The monoisotopic (exact) mass is 266 g/mol. The quantitative estimate of drug-likeness (QED) is 0.607. The van der Waals surface area contributed by atoms with Crippen molar-refractivity contribution in [3.63, 3.8) is 0 Å². The molecule has 0 bridgehead atoms. The molecule has 0 aromatic heterocycles. The Labute approximate surface area is 102 Å². The Bertz CT molecular complexity index is 387. The first-order valence-corrected chi connectivity index (χ1v) is 5.18. The predicted molar refractivity (Wildman–Crippen MR) is 64.5 cm³/mol. The van der Waals surface area contributed by atoms with Gasteiger partial charge in [-0.2, -0.15) is 0 Å². The number of carbonyl (C=O) groups is 1. The second kappa shape index (κ2) is 4.47. The molecule has 0 saturated carbocycles. The van der Waals surface area contributed by atoms with E-state index in [-0.39, 0.29) is 0 Å². The minimum absolute atomic E-state index is 0.570. The molecule has 1 aromatic rings. The van der Waals surface area contributed by atoms with E-state index in [0.717, 1.165) is 5.56 Å². The first kappa shape index (κ1) is 12.4. The molecule has 0 aliphatic carbocycles. The highest BCUT2D eigenvalue weighted by atomic mass is 35.6. The molecule has 0 atom stereocenters. The van der Waals surface area contributed by atoms with Crippen LogP contribution in [0.1, 0.15) is 5.56 Å². The fraction of sp³-hybridized carbons (Fsp3) is 0.222. The number of aryl methyl sites for hydroxylation is 1. The molecule has 0 radical (unpaired) electrons. The third-order valence-electron chi connectivity index (χ3n) is 1.76. The summed E-state index contributed by atoms with van der Waals surface area (Å²) in [6.45, 7) is 1.80. The molecular formula is C9H9Cl3N2O. The number of amides is 1. The fourth-order valence-electron chi connectivity index (χ4n) is 1.02. The SMILES string of the molecule is Cc1cc(N)ccc1NC(=O)C(Cl)(Cl)Cl. The van der Waals surface area contributed by atoms with Crippen LogP contribution in [0.5, 0.6) is 0 Å².